The highest BCUT2D eigenvalue weighted by molar-refractivity contribution is 5.96. The Balaban J connectivity index is 1.49. The lowest BCUT2D eigenvalue weighted by molar-refractivity contribution is -0.886. The predicted octanol–water partition coefficient (Wildman–Crippen LogP) is 0.209. The number of carbonyl (C=O) groups is 3. The van der Waals surface area contributed by atoms with Crippen LogP contribution < -0.4 is 20.9 Å². The van der Waals surface area contributed by atoms with Gasteiger partial charge < -0.3 is 15.5 Å². The summed E-state index contributed by atoms with van der Waals surface area (Å²) in [5.74, 6) is 1.77. The molecule has 0 radical (unpaired) electrons. The highest BCUT2D eigenvalue weighted by Gasteiger charge is 2.51. The molecule has 1 unspecified atom stereocenters. The molecule has 4 bridgehead atoms. The van der Waals surface area contributed by atoms with Crippen LogP contribution >= 0.6 is 0 Å². The van der Waals surface area contributed by atoms with Crippen molar-refractivity contribution in [2.75, 3.05) is 13.6 Å². The largest absolute Gasteiger partial charge is 0.349 e. The van der Waals surface area contributed by atoms with Crippen molar-refractivity contribution in [2.45, 2.75) is 76.9 Å². The number of rotatable bonds is 6. The Kier molecular flexibility index (Phi) is 5.79. The van der Waals surface area contributed by atoms with Crippen LogP contribution in [0, 0.1) is 17.8 Å². The number of likely N-dealkylation sites (N-methyl/N-ethyl adjacent to an activating group) is 1. The number of nitrogens with one attached hydrogen (secondary N) is 4. The number of imide groups is 1. The highest BCUT2D eigenvalue weighted by atomic mass is 16.2. The minimum absolute atomic E-state index is 0.0699. The fourth-order valence-electron chi connectivity index (χ4n) is 5.76. The first kappa shape index (κ1) is 20.1. The van der Waals surface area contributed by atoms with E-state index in [0.717, 1.165) is 41.9 Å². The van der Waals surface area contributed by atoms with Gasteiger partial charge in [-0.15, -0.1) is 0 Å². The number of carbonyl (C=O) groups excluding carboxylic acids is 3. The van der Waals surface area contributed by atoms with Crippen LogP contribution in [-0.4, -0.2) is 49.1 Å². The van der Waals surface area contributed by atoms with Gasteiger partial charge in [0.2, 0.25) is 0 Å². The van der Waals surface area contributed by atoms with E-state index in [-0.39, 0.29) is 36.0 Å². The molecule has 0 aromatic heterocycles. The third-order valence-corrected chi connectivity index (χ3v) is 6.68. The van der Waals surface area contributed by atoms with Gasteiger partial charge >= 0.3 is 6.03 Å². The van der Waals surface area contributed by atoms with E-state index in [4.69, 9.17) is 0 Å². The van der Waals surface area contributed by atoms with Gasteiger partial charge in [-0.1, -0.05) is 0 Å². The molecule has 0 aromatic rings. The van der Waals surface area contributed by atoms with E-state index in [1.807, 2.05) is 13.8 Å². The standard InChI is InChI=1S/C20H34N4O3/c1-12(2)21-17(25)11-24(4)13(3)18(26)22-19(27)23-20-8-14-5-15(9-20)7-16(6-14)10-20/h12-16H,5-11H2,1-4H3,(H,21,25)(H2,22,23,26,27)/p+1/t13-,14?,15?,16?,20?/m0/s1. The van der Waals surface area contributed by atoms with E-state index in [1.54, 1.807) is 14.0 Å². The molecule has 7 nitrogen and oxygen atoms in total. The number of urea groups is 1. The van der Waals surface area contributed by atoms with Crippen molar-refractivity contribution in [3.8, 4) is 0 Å². The van der Waals surface area contributed by atoms with Crippen molar-refractivity contribution in [1.29, 1.82) is 0 Å². The zero-order valence-corrected chi connectivity index (χ0v) is 17.1. The molecule has 7 heteroatoms. The van der Waals surface area contributed by atoms with Crippen LogP contribution in [0.3, 0.4) is 0 Å². The van der Waals surface area contributed by atoms with Crippen LogP contribution in [0.5, 0.6) is 0 Å². The van der Waals surface area contributed by atoms with Crippen molar-refractivity contribution in [3.05, 3.63) is 0 Å². The smallest absolute Gasteiger partial charge is 0.322 e. The van der Waals surface area contributed by atoms with Crippen molar-refractivity contribution in [1.82, 2.24) is 16.0 Å². The van der Waals surface area contributed by atoms with E-state index in [9.17, 15) is 14.4 Å². The predicted molar refractivity (Wildman–Crippen MR) is 102 cm³/mol. The molecule has 4 fully saturated rings. The van der Waals surface area contributed by atoms with E-state index in [2.05, 4.69) is 16.0 Å². The SMILES string of the molecule is CC(C)NC(=O)C[NH+](C)[C@@H](C)C(=O)NC(=O)NC12CC3CC(CC(C3)C1)C2. The molecule has 0 aromatic carbocycles. The average molecular weight is 380 g/mol. The van der Waals surface area contributed by atoms with Gasteiger partial charge in [-0.25, -0.2) is 4.79 Å². The second-order valence-electron chi connectivity index (χ2n) is 9.61. The normalized spacial score (nSPS) is 33.4. The Hall–Kier alpha value is -1.63. The first-order valence-electron chi connectivity index (χ1n) is 10.4. The minimum Gasteiger partial charge on any atom is -0.349 e. The second-order valence-corrected chi connectivity index (χ2v) is 9.61. The topological polar surface area (TPSA) is 91.7 Å². The van der Waals surface area contributed by atoms with E-state index >= 15 is 0 Å². The summed E-state index contributed by atoms with van der Waals surface area (Å²) in [6, 6.07) is -0.793. The van der Waals surface area contributed by atoms with Crippen LogP contribution in [0.15, 0.2) is 0 Å². The quantitative estimate of drug-likeness (QED) is 0.532. The van der Waals surface area contributed by atoms with Gasteiger partial charge in [-0.05, 0) is 77.0 Å². The van der Waals surface area contributed by atoms with Gasteiger partial charge in [0.05, 0.1) is 7.05 Å². The Morgan fingerprint density at radius 2 is 1.52 bits per heavy atom. The molecule has 4 aliphatic rings. The van der Waals surface area contributed by atoms with Crippen LogP contribution in [0.1, 0.15) is 59.3 Å². The van der Waals surface area contributed by atoms with Crippen molar-refractivity contribution >= 4 is 17.8 Å². The lowest BCUT2D eigenvalue weighted by Crippen LogP contribution is -3.15. The van der Waals surface area contributed by atoms with Gasteiger partial charge in [0, 0.05) is 11.6 Å². The molecule has 4 N–H and O–H groups in total. The summed E-state index contributed by atoms with van der Waals surface area (Å²) in [7, 11) is 1.79. The number of hydrogen-bond acceptors (Lipinski definition) is 3. The molecule has 2 atom stereocenters. The maximum Gasteiger partial charge on any atom is 0.322 e. The number of hydrogen-bond donors (Lipinski definition) is 4. The molecular formula is C20H35N4O3+. The van der Waals surface area contributed by atoms with Crippen molar-refractivity contribution < 1.29 is 19.3 Å². The molecular weight excluding hydrogens is 344 g/mol. The number of quaternary nitrogens is 1. The molecule has 27 heavy (non-hydrogen) atoms. The fourth-order valence-corrected chi connectivity index (χ4v) is 5.76. The highest BCUT2D eigenvalue weighted by Crippen LogP contribution is 2.55. The summed E-state index contributed by atoms with van der Waals surface area (Å²) in [5, 5.41) is 8.49. The number of amides is 4. The summed E-state index contributed by atoms with van der Waals surface area (Å²) in [4.78, 5) is 37.6. The van der Waals surface area contributed by atoms with E-state index < -0.39 is 6.04 Å². The Bertz CT molecular complexity index is 569. The first-order valence-corrected chi connectivity index (χ1v) is 10.4. The monoisotopic (exact) mass is 379 g/mol. The summed E-state index contributed by atoms with van der Waals surface area (Å²) in [5.41, 5.74) is -0.113. The zero-order chi connectivity index (χ0) is 19.8. The molecule has 0 spiro atoms. The summed E-state index contributed by atoms with van der Waals surface area (Å²) in [6.45, 7) is 5.74. The Morgan fingerprint density at radius 3 is 2.00 bits per heavy atom. The molecule has 4 saturated carbocycles. The van der Waals surface area contributed by atoms with Gasteiger partial charge in [0.1, 0.15) is 0 Å². The second kappa shape index (κ2) is 7.78. The molecule has 4 amide bonds. The molecule has 0 saturated heterocycles. The molecule has 4 aliphatic carbocycles. The van der Waals surface area contributed by atoms with Gasteiger partial charge in [-0.2, -0.15) is 0 Å². The van der Waals surface area contributed by atoms with Crippen molar-refractivity contribution in [3.63, 3.8) is 0 Å². The first-order chi connectivity index (χ1) is 12.7. The zero-order valence-electron chi connectivity index (χ0n) is 17.1. The fraction of sp³-hybridized carbons (Fsp3) is 0.850. The van der Waals surface area contributed by atoms with Crippen LogP contribution in [0.4, 0.5) is 4.79 Å². The maximum absolute atomic E-state index is 12.5. The van der Waals surface area contributed by atoms with Gasteiger partial charge in [0.25, 0.3) is 11.8 Å². The van der Waals surface area contributed by atoms with Gasteiger partial charge in [-0.3, -0.25) is 14.9 Å². The van der Waals surface area contributed by atoms with Crippen LogP contribution in [0.25, 0.3) is 0 Å². The molecule has 0 aliphatic heterocycles. The Morgan fingerprint density at radius 1 is 1.00 bits per heavy atom. The third-order valence-electron chi connectivity index (χ3n) is 6.68. The Labute approximate surface area is 162 Å². The summed E-state index contributed by atoms with van der Waals surface area (Å²) >= 11 is 0. The molecule has 0 heterocycles. The van der Waals surface area contributed by atoms with Gasteiger partial charge in [0.15, 0.2) is 12.6 Å². The molecule has 4 rings (SSSR count). The lowest BCUT2D eigenvalue weighted by atomic mass is 9.53. The molecule has 152 valence electrons. The van der Waals surface area contributed by atoms with Crippen LogP contribution in [-0.2, 0) is 9.59 Å². The van der Waals surface area contributed by atoms with E-state index in [1.165, 1.54) is 19.3 Å². The van der Waals surface area contributed by atoms with Crippen LogP contribution in [0.2, 0.25) is 0 Å². The third kappa shape index (κ3) is 4.81. The summed E-state index contributed by atoms with van der Waals surface area (Å²) < 4.78 is 0. The summed E-state index contributed by atoms with van der Waals surface area (Å²) in [6.07, 6.45) is 7.09. The maximum atomic E-state index is 12.5. The van der Waals surface area contributed by atoms with Crippen molar-refractivity contribution in [2.24, 2.45) is 17.8 Å². The minimum atomic E-state index is -0.481. The average Bonchev–Trinajstić information content (AvgIpc) is 2.50. The lowest BCUT2D eigenvalue weighted by Gasteiger charge is -2.56. The van der Waals surface area contributed by atoms with E-state index in [0.29, 0.717) is 0 Å².